The van der Waals surface area contributed by atoms with Crippen molar-refractivity contribution in [2.45, 2.75) is 33.6 Å². The number of aromatic nitrogens is 2. The number of benzene rings is 1. The van der Waals surface area contributed by atoms with Crippen molar-refractivity contribution in [1.82, 2.24) is 9.97 Å². The minimum atomic E-state index is -0.423. The van der Waals surface area contributed by atoms with Gasteiger partial charge in [-0.1, -0.05) is 32.6 Å². The van der Waals surface area contributed by atoms with Crippen LogP contribution in [0.4, 0.5) is 0 Å². The van der Waals surface area contributed by atoms with E-state index in [-0.39, 0.29) is 1.43 Å². The third-order valence-electron chi connectivity index (χ3n) is 3.07. The molecule has 0 bridgehead atoms. The monoisotopic (exact) mass is 331 g/mol. The van der Waals surface area contributed by atoms with Crippen molar-refractivity contribution >= 4 is 12.0 Å². The fraction of sp³-hybridized carbons (Fsp3) is 0.316. The number of aryl methyl sites for hydroxylation is 3. The molecule has 0 aliphatic rings. The fourth-order valence-corrected chi connectivity index (χ4v) is 1.96. The molecule has 3 N–H and O–H groups in total. The molecule has 0 fully saturated rings. The smallest absolute Gasteiger partial charge is 0.248 e. The Bertz CT molecular complexity index is 644. The zero-order chi connectivity index (χ0) is 18.5. The maximum absolute atomic E-state index is 11.3. The van der Waals surface area contributed by atoms with Gasteiger partial charge in [-0.15, -0.1) is 0 Å². The zero-order valence-corrected chi connectivity index (χ0v) is 14.9. The van der Waals surface area contributed by atoms with E-state index in [4.69, 9.17) is 10.8 Å². The first-order chi connectivity index (χ1) is 11.6. The second-order valence-electron chi connectivity index (χ2n) is 4.67. The van der Waals surface area contributed by atoms with Gasteiger partial charge in [-0.3, -0.25) is 4.79 Å². The van der Waals surface area contributed by atoms with Gasteiger partial charge in [0.2, 0.25) is 5.91 Å². The van der Waals surface area contributed by atoms with Crippen LogP contribution < -0.4 is 5.73 Å². The molecule has 0 spiro atoms. The van der Waals surface area contributed by atoms with E-state index in [2.05, 4.69) is 16.5 Å². The van der Waals surface area contributed by atoms with E-state index in [1.54, 1.807) is 12.1 Å². The molecule has 0 saturated carbocycles. The van der Waals surface area contributed by atoms with E-state index in [9.17, 15) is 4.79 Å². The molecule has 0 radical (unpaired) electrons. The largest absolute Gasteiger partial charge is 0.400 e. The third kappa shape index (κ3) is 7.15. The molecule has 1 aromatic carbocycles. The van der Waals surface area contributed by atoms with Crippen LogP contribution in [0, 0.1) is 6.92 Å². The standard InChI is InChI=1S/C16H17N3O.C2H6.CH4O.H2/c1-3-12-6-13(8-15(7-12)16(17)20)4-5-14-9-18-11(2)19-10-14;2*1-2;/h3,6-10H,1,4-5H2,2H3,(H2,17,20);1-2H3;2H,1H3;1H. The Balaban J connectivity index is 0. The van der Waals surface area contributed by atoms with Crippen LogP contribution in [0.15, 0.2) is 37.2 Å². The van der Waals surface area contributed by atoms with Crippen molar-refractivity contribution in [2.24, 2.45) is 5.73 Å². The SMILES string of the molecule is C=Cc1cc(CCc2cnc(C)nc2)cc(C(N)=O)c1.CC.CO.[HH]. The van der Waals surface area contributed by atoms with Gasteiger partial charge in [0.25, 0.3) is 0 Å². The highest BCUT2D eigenvalue weighted by molar-refractivity contribution is 5.93. The lowest BCUT2D eigenvalue weighted by atomic mass is 10.0. The highest BCUT2D eigenvalue weighted by Gasteiger charge is 2.05. The molecule has 2 rings (SSSR count). The Morgan fingerprint density at radius 2 is 1.71 bits per heavy atom. The number of nitrogens with zero attached hydrogens (tertiary/aromatic N) is 2. The van der Waals surface area contributed by atoms with Crippen molar-refractivity contribution < 1.29 is 11.3 Å². The average molecular weight is 331 g/mol. The Kier molecular flexibility index (Phi) is 10.7. The highest BCUT2D eigenvalue weighted by atomic mass is 16.2. The Labute approximate surface area is 145 Å². The molecule has 2 aromatic rings. The van der Waals surface area contributed by atoms with Gasteiger partial charge < -0.3 is 10.8 Å². The Morgan fingerprint density at radius 1 is 1.17 bits per heavy atom. The quantitative estimate of drug-likeness (QED) is 0.880. The van der Waals surface area contributed by atoms with Gasteiger partial charge in [-0.2, -0.15) is 0 Å². The molecule has 0 aliphatic carbocycles. The van der Waals surface area contributed by atoms with Crippen LogP contribution in [0.2, 0.25) is 0 Å². The van der Waals surface area contributed by atoms with Crippen LogP contribution in [0.5, 0.6) is 0 Å². The molecule has 5 nitrogen and oxygen atoms in total. The number of primary amides is 1. The summed E-state index contributed by atoms with van der Waals surface area (Å²) >= 11 is 0. The molecule has 1 amide bonds. The molecule has 0 unspecified atom stereocenters. The van der Waals surface area contributed by atoms with Crippen LogP contribution >= 0.6 is 0 Å². The molecule has 132 valence electrons. The molecule has 5 heteroatoms. The molecule has 1 aromatic heterocycles. The van der Waals surface area contributed by atoms with E-state index in [1.165, 1.54) is 0 Å². The number of carbonyl (C=O) groups is 1. The zero-order valence-electron chi connectivity index (χ0n) is 14.9. The van der Waals surface area contributed by atoms with Gasteiger partial charge in [0.05, 0.1) is 0 Å². The lowest BCUT2D eigenvalue weighted by Gasteiger charge is -2.06. The van der Waals surface area contributed by atoms with Crippen LogP contribution in [-0.4, -0.2) is 28.1 Å². The van der Waals surface area contributed by atoms with E-state index < -0.39 is 5.91 Å². The summed E-state index contributed by atoms with van der Waals surface area (Å²) in [5.74, 6) is 0.340. The molecule has 0 aliphatic heterocycles. The van der Waals surface area contributed by atoms with Crippen LogP contribution in [0.3, 0.4) is 0 Å². The summed E-state index contributed by atoms with van der Waals surface area (Å²) < 4.78 is 0. The van der Waals surface area contributed by atoms with Crippen LogP contribution in [0.1, 0.15) is 48.1 Å². The summed E-state index contributed by atoms with van der Waals surface area (Å²) in [5.41, 5.74) is 8.87. The van der Waals surface area contributed by atoms with Gasteiger partial charge in [-0.05, 0) is 48.6 Å². The summed E-state index contributed by atoms with van der Waals surface area (Å²) in [6.07, 6.45) is 6.99. The number of aliphatic hydroxyl groups is 1. The number of carbonyl (C=O) groups excluding carboxylic acids is 1. The minimum absolute atomic E-state index is 0. The second kappa shape index (κ2) is 12.0. The number of hydrogen-bond donors (Lipinski definition) is 2. The second-order valence-corrected chi connectivity index (χ2v) is 4.67. The number of rotatable bonds is 5. The lowest BCUT2D eigenvalue weighted by Crippen LogP contribution is -2.11. The van der Waals surface area contributed by atoms with Gasteiger partial charge in [0.1, 0.15) is 5.82 Å². The molecule has 1 heterocycles. The normalized spacial score (nSPS) is 9.04. The summed E-state index contributed by atoms with van der Waals surface area (Å²) in [7, 11) is 1.00. The predicted octanol–water partition coefficient (Wildman–Crippen LogP) is 3.19. The first kappa shape index (κ1) is 21.5. The first-order valence-corrected chi connectivity index (χ1v) is 7.87. The van der Waals surface area contributed by atoms with Crippen molar-refractivity contribution in [3.8, 4) is 0 Å². The highest BCUT2D eigenvalue weighted by Crippen LogP contribution is 2.14. The maximum atomic E-state index is 11.3. The van der Waals surface area contributed by atoms with Gasteiger partial charge >= 0.3 is 0 Å². The van der Waals surface area contributed by atoms with Gasteiger partial charge in [-0.25, -0.2) is 9.97 Å². The first-order valence-electron chi connectivity index (χ1n) is 7.87. The molecular weight excluding hydrogens is 302 g/mol. The Hall–Kier alpha value is -2.53. The van der Waals surface area contributed by atoms with Gasteiger partial charge in [0.15, 0.2) is 0 Å². The molecular formula is C19H29N3O2. The minimum Gasteiger partial charge on any atom is -0.400 e. The van der Waals surface area contributed by atoms with Crippen LogP contribution in [-0.2, 0) is 12.8 Å². The number of nitrogens with two attached hydrogens (primary N) is 1. The van der Waals surface area contributed by atoms with Crippen molar-refractivity contribution in [3.05, 3.63) is 65.2 Å². The number of hydrogen-bond acceptors (Lipinski definition) is 4. The van der Waals surface area contributed by atoms with E-state index in [0.717, 1.165) is 42.5 Å². The van der Waals surface area contributed by atoms with E-state index in [1.807, 2.05) is 45.3 Å². The van der Waals surface area contributed by atoms with Crippen LogP contribution in [0.25, 0.3) is 6.08 Å². The van der Waals surface area contributed by atoms with E-state index in [0.29, 0.717) is 5.56 Å². The van der Waals surface area contributed by atoms with Crippen molar-refractivity contribution in [3.63, 3.8) is 0 Å². The summed E-state index contributed by atoms with van der Waals surface area (Å²) in [4.78, 5) is 19.6. The van der Waals surface area contributed by atoms with Crippen molar-refractivity contribution in [2.75, 3.05) is 7.11 Å². The third-order valence-corrected chi connectivity index (χ3v) is 3.07. The Morgan fingerprint density at radius 3 is 2.21 bits per heavy atom. The fourth-order valence-electron chi connectivity index (χ4n) is 1.96. The number of amides is 1. The summed E-state index contributed by atoms with van der Waals surface area (Å²) in [6.45, 7) is 9.59. The van der Waals surface area contributed by atoms with Gasteiger partial charge in [0, 0.05) is 26.5 Å². The predicted molar refractivity (Wildman–Crippen MR) is 101 cm³/mol. The lowest BCUT2D eigenvalue weighted by molar-refractivity contribution is 0.1000. The molecule has 0 saturated heterocycles. The van der Waals surface area contributed by atoms with E-state index >= 15 is 0 Å². The summed E-state index contributed by atoms with van der Waals surface area (Å²) in [6, 6.07) is 5.58. The topological polar surface area (TPSA) is 89.1 Å². The maximum Gasteiger partial charge on any atom is 0.248 e. The summed E-state index contributed by atoms with van der Waals surface area (Å²) in [5, 5.41) is 7.00. The number of aliphatic hydroxyl groups excluding tert-OH is 1. The van der Waals surface area contributed by atoms with Crippen molar-refractivity contribution in [1.29, 1.82) is 0 Å². The average Bonchev–Trinajstić information content (AvgIpc) is 2.64. The molecule has 0 atom stereocenters. The molecule has 24 heavy (non-hydrogen) atoms.